The van der Waals surface area contributed by atoms with Crippen LogP contribution in [-0.2, 0) is 19.1 Å². The third-order valence-corrected chi connectivity index (χ3v) is 6.08. The molecule has 0 radical (unpaired) electrons. The summed E-state index contributed by atoms with van der Waals surface area (Å²) in [6.07, 6.45) is 0.453. The number of benzene rings is 1. The average molecular weight is 395 g/mol. The molecule has 6 heteroatoms. The zero-order valence-electron chi connectivity index (χ0n) is 13.5. The second kappa shape index (κ2) is 5.93. The SMILES string of the molecule is COC[C@H]1CC2OC1[C@H]1C(=O)C(c3ccc(Br)cc3OC)C(=O)[C@@H]21. The molecular formula is C18H19BrO5. The molecule has 2 heterocycles. The number of fused-ring (bicyclic) bond motifs is 5. The fourth-order valence-electron chi connectivity index (χ4n) is 4.68. The number of halogens is 1. The molecule has 24 heavy (non-hydrogen) atoms. The first kappa shape index (κ1) is 16.2. The standard InChI is InChI=1S/C18H19BrO5/c1-22-7-8-5-12-14-15(18(8)24-12)17(21)13(16(14)20)10-4-3-9(19)6-11(10)23-2/h3-4,6,8,12-15,18H,5,7H2,1-2H3/t8-,12?,13?,14+,15-,18?/m1/s1. The van der Waals surface area contributed by atoms with Crippen LogP contribution >= 0.6 is 15.9 Å². The van der Waals surface area contributed by atoms with Crippen LogP contribution in [-0.4, -0.2) is 44.6 Å². The number of ether oxygens (including phenoxy) is 3. The Hall–Kier alpha value is -1.24. The van der Waals surface area contributed by atoms with E-state index in [2.05, 4.69) is 15.9 Å². The van der Waals surface area contributed by atoms with Crippen molar-refractivity contribution in [2.75, 3.05) is 20.8 Å². The van der Waals surface area contributed by atoms with Gasteiger partial charge in [-0.3, -0.25) is 9.59 Å². The van der Waals surface area contributed by atoms with Gasteiger partial charge in [0.1, 0.15) is 11.7 Å². The minimum atomic E-state index is -0.738. The first-order valence-electron chi connectivity index (χ1n) is 8.12. The number of hydrogen-bond donors (Lipinski definition) is 0. The summed E-state index contributed by atoms with van der Waals surface area (Å²) in [6, 6.07) is 5.44. The molecule has 0 spiro atoms. The van der Waals surface area contributed by atoms with Crippen LogP contribution in [0.2, 0.25) is 0 Å². The Morgan fingerprint density at radius 2 is 1.96 bits per heavy atom. The van der Waals surface area contributed by atoms with Crippen molar-refractivity contribution in [1.29, 1.82) is 0 Å². The number of rotatable bonds is 4. The Kier molecular flexibility index (Phi) is 4.01. The molecule has 4 rings (SSSR count). The van der Waals surface area contributed by atoms with E-state index in [1.807, 2.05) is 6.07 Å². The number of methoxy groups -OCH3 is 2. The molecule has 128 valence electrons. The van der Waals surface area contributed by atoms with Crippen LogP contribution in [0.1, 0.15) is 17.9 Å². The van der Waals surface area contributed by atoms with E-state index in [4.69, 9.17) is 14.2 Å². The van der Waals surface area contributed by atoms with Gasteiger partial charge in [-0.1, -0.05) is 22.0 Å². The van der Waals surface area contributed by atoms with Gasteiger partial charge in [-0.15, -0.1) is 0 Å². The minimum absolute atomic E-state index is 0.0195. The van der Waals surface area contributed by atoms with Gasteiger partial charge < -0.3 is 14.2 Å². The van der Waals surface area contributed by atoms with E-state index in [0.717, 1.165) is 10.9 Å². The van der Waals surface area contributed by atoms with Gasteiger partial charge >= 0.3 is 0 Å². The molecule has 0 aromatic heterocycles. The highest BCUT2D eigenvalue weighted by Crippen LogP contribution is 2.55. The van der Waals surface area contributed by atoms with Crippen molar-refractivity contribution < 1.29 is 23.8 Å². The van der Waals surface area contributed by atoms with Crippen molar-refractivity contribution >= 4 is 27.5 Å². The van der Waals surface area contributed by atoms with E-state index in [0.29, 0.717) is 17.9 Å². The van der Waals surface area contributed by atoms with Crippen LogP contribution in [0.4, 0.5) is 0 Å². The second-order valence-electron chi connectivity index (χ2n) is 6.77. The fraction of sp³-hybridized carbons (Fsp3) is 0.556. The summed E-state index contributed by atoms with van der Waals surface area (Å²) in [6.45, 7) is 0.568. The summed E-state index contributed by atoms with van der Waals surface area (Å²) in [5.41, 5.74) is 0.660. The fourth-order valence-corrected chi connectivity index (χ4v) is 5.02. The molecule has 0 N–H and O–H groups in total. The number of hydrogen-bond acceptors (Lipinski definition) is 5. The minimum Gasteiger partial charge on any atom is -0.496 e. The Balaban J connectivity index is 1.69. The van der Waals surface area contributed by atoms with Crippen LogP contribution in [0.3, 0.4) is 0 Å². The summed E-state index contributed by atoms with van der Waals surface area (Å²) in [4.78, 5) is 26.1. The molecule has 2 saturated heterocycles. The van der Waals surface area contributed by atoms with E-state index in [1.54, 1.807) is 26.4 Å². The van der Waals surface area contributed by atoms with Crippen molar-refractivity contribution in [2.45, 2.75) is 24.5 Å². The van der Waals surface area contributed by atoms with E-state index < -0.39 is 5.92 Å². The molecule has 1 aliphatic carbocycles. The van der Waals surface area contributed by atoms with Crippen molar-refractivity contribution in [1.82, 2.24) is 0 Å². The van der Waals surface area contributed by atoms with Crippen molar-refractivity contribution in [3.63, 3.8) is 0 Å². The van der Waals surface area contributed by atoms with Crippen molar-refractivity contribution in [3.8, 4) is 5.75 Å². The summed E-state index contributed by atoms with van der Waals surface area (Å²) in [5.74, 6) is -0.670. The zero-order valence-corrected chi connectivity index (χ0v) is 15.1. The van der Waals surface area contributed by atoms with Gasteiger partial charge in [-0.25, -0.2) is 0 Å². The monoisotopic (exact) mass is 394 g/mol. The average Bonchev–Trinajstić information content (AvgIpc) is 3.20. The Labute approximate surface area is 148 Å². The van der Waals surface area contributed by atoms with Gasteiger partial charge in [-0.05, 0) is 18.6 Å². The summed E-state index contributed by atoms with van der Waals surface area (Å²) in [5, 5.41) is 0. The number of carbonyl (C=O) groups is 2. The zero-order chi connectivity index (χ0) is 17.0. The first-order valence-corrected chi connectivity index (χ1v) is 8.91. The largest absolute Gasteiger partial charge is 0.496 e. The number of ketones is 2. The lowest BCUT2D eigenvalue weighted by molar-refractivity contribution is -0.127. The van der Waals surface area contributed by atoms with E-state index >= 15 is 0 Å². The van der Waals surface area contributed by atoms with Crippen molar-refractivity contribution in [2.24, 2.45) is 17.8 Å². The van der Waals surface area contributed by atoms with E-state index in [-0.39, 0.29) is 41.5 Å². The highest BCUT2D eigenvalue weighted by atomic mass is 79.9. The maximum Gasteiger partial charge on any atom is 0.154 e. The molecule has 2 aliphatic heterocycles. The molecule has 6 atom stereocenters. The normalized spacial score (nSPS) is 37.1. The van der Waals surface area contributed by atoms with Gasteiger partial charge in [0.2, 0.25) is 0 Å². The van der Waals surface area contributed by atoms with E-state index in [1.165, 1.54) is 0 Å². The van der Waals surface area contributed by atoms with Gasteiger partial charge in [0.15, 0.2) is 11.6 Å². The topological polar surface area (TPSA) is 61.8 Å². The summed E-state index contributed by atoms with van der Waals surface area (Å²) >= 11 is 3.39. The van der Waals surface area contributed by atoms with Crippen LogP contribution in [0.25, 0.3) is 0 Å². The molecule has 3 fully saturated rings. The molecule has 0 amide bonds. The second-order valence-corrected chi connectivity index (χ2v) is 7.68. The quantitative estimate of drug-likeness (QED) is 0.733. The lowest BCUT2D eigenvalue weighted by Crippen LogP contribution is -2.36. The molecule has 5 nitrogen and oxygen atoms in total. The lowest BCUT2D eigenvalue weighted by atomic mass is 9.75. The Morgan fingerprint density at radius 1 is 1.21 bits per heavy atom. The van der Waals surface area contributed by atoms with Gasteiger partial charge in [0.05, 0.1) is 37.8 Å². The summed E-state index contributed by atoms with van der Waals surface area (Å²) in [7, 11) is 3.21. The molecule has 1 aromatic carbocycles. The maximum atomic E-state index is 13.1. The van der Waals surface area contributed by atoms with Crippen LogP contribution < -0.4 is 4.74 Å². The predicted molar refractivity (Wildman–Crippen MR) is 89.1 cm³/mol. The number of Topliss-reactive ketones (excluding diaryl/α,β-unsaturated/α-hetero) is 2. The Morgan fingerprint density at radius 3 is 2.67 bits per heavy atom. The third-order valence-electron chi connectivity index (χ3n) is 5.59. The van der Waals surface area contributed by atoms with Gasteiger partial charge in [-0.2, -0.15) is 0 Å². The molecule has 3 unspecified atom stereocenters. The number of carbonyl (C=O) groups excluding carboxylic acids is 2. The molecule has 1 aromatic rings. The Bertz CT molecular complexity index is 703. The van der Waals surface area contributed by atoms with Gasteiger partial charge in [0, 0.05) is 23.1 Å². The smallest absolute Gasteiger partial charge is 0.154 e. The molecule has 1 saturated carbocycles. The third kappa shape index (κ3) is 2.20. The molecule has 2 bridgehead atoms. The maximum absolute atomic E-state index is 13.1. The lowest BCUT2D eigenvalue weighted by Gasteiger charge is -2.25. The molecular weight excluding hydrogens is 376 g/mol. The highest BCUT2D eigenvalue weighted by molar-refractivity contribution is 9.10. The van der Waals surface area contributed by atoms with Crippen LogP contribution in [0, 0.1) is 17.8 Å². The van der Waals surface area contributed by atoms with Crippen molar-refractivity contribution in [3.05, 3.63) is 28.2 Å². The first-order chi connectivity index (χ1) is 11.6. The summed E-state index contributed by atoms with van der Waals surface area (Å²) < 4.78 is 17.4. The van der Waals surface area contributed by atoms with Gasteiger partial charge in [0.25, 0.3) is 0 Å². The van der Waals surface area contributed by atoms with Crippen LogP contribution in [0.15, 0.2) is 22.7 Å². The van der Waals surface area contributed by atoms with E-state index in [9.17, 15) is 9.59 Å². The predicted octanol–water partition coefficient (Wildman–Crippen LogP) is 2.36. The molecule has 3 aliphatic rings. The highest BCUT2D eigenvalue weighted by Gasteiger charge is 2.65. The van der Waals surface area contributed by atoms with Crippen LogP contribution in [0.5, 0.6) is 5.75 Å².